The van der Waals surface area contributed by atoms with Crippen LogP contribution in [-0.4, -0.2) is 93.6 Å². The zero-order valence-corrected chi connectivity index (χ0v) is 23.9. The van der Waals surface area contributed by atoms with Crippen LogP contribution in [0.25, 0.3) is 0 Å². The Hall–Kier alpha value is -2.19. The molecule has 4 rings (SSSR count). The first kappa shape index (κ1) is 28.8. The highest BCUT2D eigenvalue weighted by atomic mass is 16.5. The molecule has 0 saturated carbocycles. The van der Waals surface area contributed by atoms with Gasteiger partial charge in [0.2, 0.25) is 17.7 Å². The van der Waals surface area contributed by atoms with Gasteiger partial charge in [0.1, 0.15) is 11.6 Å². The van der Waals surface area contributed by atoms with E-state index in [1.807, 2.05) is 61.8 Å². The third-order valence-corrected chi connectivity index (χ3v) is 9.41. The maximum atomic E-state index is 14.6. The summed E-state index contributed by atoms with van der Waals surface area (Å²) in [6, 6.07) is -1.45. The van der Waals surface area contributed by atoms with Gasteiger partial charge < -0.3 is 24.5 Å². The molecule has 4 heterocycles. The van der Waals surface area contributed by atoms with Crippen LogP contribution in [0.2, 0.25) is 0 Å². The first-order valence-electron chi connectivity index (χ1n) is 14.8. The minimum absolute atomic E-state index is 0.0225. The lowest BCUT2D eigenvalue weighted by molar-refractivity contribution is -0.158. The Kier molecular flexibility index (Phi) is 8.72. The lowest BCUT2D eigenvalue weighted by Crippen LogP contribution is -2.60. The average Bonchev–Trinajstić information content (AvgIpc) is 3.21. The van der Waals surface area contributed by atoms with Crippen molar-refractivity contribution in [3.8, 4) is 0 Å². The van der Waals surface area contributed by atoms with Crippen LogP contribution >= 0.6 is 0 Å². The fraction of sp³-hybridized carbons (Fsp3) is 0.767. The van der Waals surface area contributed by atoms with Gasteiger partial charge in [-0.25, -0.2) is 0 Å². The predicted octanol–water partition coefficient (Wildman–Crippen LogP) is 3.15. The molecule has 8 heteroatoms. The molecule has 0 aromatic rings. The summed E-state index contributed by atoms with van der Waals surface area (Å²) in [7, 11) is 0. The second-order valence-corrected chi connectivity index (χ2v) is 11.6. The molecule has 4 aliphatic rings. The largest absolute Gasteiger partial charge is 0.394 e. The van der Waals surface area contributed by atoms with Crippen LogP contribution in [0.3, 0.4) is 0 Å². The van der Waals surface area contributed by atoms with Crippen molar-refractivity contribution in [1.82, 2.24) is 14.7 Å². The Morgan fingerprint density at radius 1 is 0.921 bits per heavy atom. The molecule has 8 nitrogen and oxygen atoms in total. The summed E-state index contributed by atoms with van der Waals surface area (Å²) in [6.07, 6.45) is 12.9. The maximum Gasteiger partial charge on any atom is 0.249 e. The average molecular weight is 530 g/mol. The van der Waals surface area contributed by atoms with E-state index in [2.05, 4.69) is 6.92 Å². The van der Waals surface area contributed by atoms with Gasteiger partial charge in [-0.2, -0.15) is 0 Å². The van der Waals surface area contributed by atoms with Crippen LogP contribution in [0, 0.1) is 17.8 Å². The fourth-order valence-corrected chi connectivity index (χ4v) is 7.19. The molecule has 0 aliphatic carbocycles. The number of amides is 3. The van der Waals surface area contributed by atoms with Crippen molar-refractivity contribution < 1.29 is 24.2 Å². The lowest BCUT2D eigenvalue weighted by Gasteiger charge is -2.42. The number of rotatable bonds is 11. The molecular weight excluding hydrogens is 482 g/mol. The molecule has 0 aromatic heterocycles. The molecule has 38 heavy (non-hydrogen) atoms. The third kappa shape index (κ3) is 4.41. The molecule has 2 saturated heterocycles. The summed E-state index contributed by atoms with van der Waals surface area (Å²) in [6.45, 7) is 12.1. The summed E-state index contributed by atoms with van der Waals surface area (Å²) >= 11 is 0. The van der Waals surface area contributed by atoms with Gasteiger partial charge in [0.15, 0.2) is 0 Å². The Balaban J connectivity index is 1.87. The first-order valence-corrected chi connectivity index (χ1v) is 14.8. The summed E-state index contributed by atoms with van der Waals surface area (Å²) in [5, 5.41) is 10.5. The van der Waals surface area contributed by atoms with Gasteiger partial charge in [-0.05, 0) is 25.2 Å². The molecule has 212 valence electrons. The van der Waals surface area contributed by atoms with Crippen molar-refractivity contribution in [3.05, 3.63) is 24.3 Å². The van der Waals surface area contributed by atoms with Gasteiger partial charge in [-0.3, -0.25) is 14.4 Å². The van der Waals surface area contributed by atoms with E-state index in [1.165, 1.54) is 0 Å². The molecule has 1 unspecified atom stereocenters. The normalized spacial score (nSPS) is 34.2. The number of fused-ring (bicyclic) bond motifs is 2. The van der Waals surface area contributed by atoms with Gasteiger partial charge >= 0.3 is 0 Å². The molecule has 0 bridgehead atoms. The Bertz CT molecular complexity index is 966. The van der Waals surface area contributed by atoms with E-state index in [9.17, 15) is 19.5 Å². The first-order chi connectivity index (χ1) is 18.3. The van der Waals surface area contributed by atoms with Gasteiger partial charge in [-0.15, -0.1) is 0 Å². The molecule has 0 radical (unpaired) electrons. The second kappa shape index (κ2) is 11.5. The minimum atomic E-state index is -1.26. The van der Waals surface area contributed by atoms with Crippen molar-refractivity contribution >= 4 is 17.7 Å². The number of likely N-dealkylation sites (tertiary alicyclic amines) is 1. The summed E-state index contributed by atoms with van der Waals surface area (Å²) in [5.74, 6) is -2.04. The van der Waals surface area contributed by atoms with Gasteiger partial charge in [0, 0.05) is 26.2 Å². The standard InChI is InChI=1S/C30H47N3O5/c1-6-10-11-17-32-19-13-15-30-24(27(36)33(25(30)28(32)37)22(20-34)21(5)8-3)23-26(35)31(16-7-2)18-12-14-29(23,9-4)38-30/h12-15,21-25,34H,6-11,16-20H2,1-5H3/t21-,22-,23-,24-,25?,29+,30-/m0/s1. The van der Waals surface area contributed by atoms with E-state index >= 15 is 0 Å². The van der Waals surface area contributed by atoms with Crippen LogP contribution in [-0.2, 0) is 19.1 Å². The van der Waals surface area contributed by atoms with Crippen LogP contribution in [0.4, 0.5) is 0 Å². The molecule has 2 fully saturated rings. The van der Waals surface area contributed by atoms with Crippen LogP contribution in [0.5, 0.6) is 0 Å². The number of hydrogen-bond donors (Lipinski definition) is 1. The number of hydrogen-bond acceptors (Lipinski definition) is 5. The Morgan fingerprint density at radius 3 is 2.21 bits per heavy atom. The second-order valence-electron chi connectivity index (χ2n) is 11.6. The Labute approximate surface area is 228 Å². The van der Waals surface area contributed by atoms with Gasteiger partial charge in [0.25, 0.3) is 0 Å². The third-order valence-electron chi connectivity index (χ3n) is 9.41. The van der Waals surface area contributed by atoms with E-state index in [4.69, 9.17) is 4.74 Å². The molecule has 0 aromatic carbocycles. The van der Waals surface area contributed by atoms with Crippen molar-refractivity contribution in [2.45, 2.75) is 96.4 Å². The highest BCUT2D eigenvalue weighted by Crippen LogP contribution is 2.59. The lowest BCUT2D eigenvalue weighted by atomic mass is 9.73. The number of carbonyl (C=O) groups excluding carboxylic acids is 3. The van der Waals surface area contributed by atoms with Gasteiger partial charge in [0.05, 0.1) is 30.1 Å². The highest BCUT2D eigenvalue weighted by Gasteiger charge is 2.76. The number of aliphatic hydroxyl groups excluding tert-OH is 1. The smallest absolute Gasteiger partial charge is 0.249 e. The minimum Gasteiger partial charge on any atom is -0.394 e. The molecule has 3 amide bonds. The van der Waals surface area contributed by atoms with Crippen LogP contribution in [0.15, 0.2) is 24.3 Å². The van der Waals surface area contributed by atoms with E-state index in [-0.39, 0.29) is 30.2 Å². The van der Waals surface area contributed by atoms with Crippen LogP contribution in [0.1, 0.15) is 73.1 Å². The zero-order valence-electron chi connectivity index (χ0n) is 23.9. The van der Waals surface area contributed by atoms with Gasteiger partial charge in [-0.1, -0.05) is 78.2 Å². The van der Waals surface area contributed by atoms with E-state index < -0.39 is 35.1 Å². The monoisotopic (exact) mass is 529 g/mol. The van der Waals surface area contributed by atoms with Crippen molar-refractivity contribution in [3.63, 3.8) is 0 Å². The van der Waals surface area contributed by atoms with E-state index in [0.717, 1.165) is 32.1 Å². The summed E-state index contributed by atoms with van der Waals surface area (Å²) in [5.41, 5.74) is -2.22. The number of unbranched alkanes of at least 4 members (excludes halogenated alkanes) is 2. The predicted molar refractivity (Wildman–Crippen MR) is 146 cm³/mol. The number of ether oxygens (including phenoxy) is 1. The topological polar surface area (TPSA) is 90.4 Å². The quantitative estimate of drug-likeness (QED) is 0.328. The van der Waals surface area contributed by atoms with E-state index in [1.54, 1.807) is 4.90 Å². The number of aliphatic hydroxyl groups is 1. The summed E-state index contributed by atoms with van der Waals surface area (Å²) in [4.78, 5) is 48.4. The highest BCUT2D eigenvalue weighted by molar-refractivity contribution is 6.00. The van der Waals surface area contributed by atoms with E-state index in [0.29, 0.717) is 32.6 Å². The van der Waals surface area contributed by atoms with Crippen LogP contribution < -0.4 is 0 Å². The Morgan fingerprint density at radius 2 is 1.61 bits per heavy atom. The summed E-state index contributed by atoms with van der Waals surface area (Å²) < 4.78 is 7.01. The zero-order chi connectivity index (χ0) is 27.7. The van der Waals surface area contributed by atoms with Crippen molar-refractivity contribution in [2.75, 3.05) is 32.8 Å². The fourth-order valence-electron chi connectivity index (χ4n) is 7.19. The van der Waals surface area contributed by atoms with Crippen molar-refractivity contribution in [1.29, 1.82) is 0 Å². The van der Waals surface area contributed by atoms with Crippen molar-refractivity contribution in [2.24, 2.45) is 17.8 Å². The molecule has 4 aliphatic heterocycles. The SMILES string of the molecule is CCCCCN1CC=C[C@]23O[C@]4(CC)C=CCN(CCC)C(=O)[C@@H]4[C@H]2C(=O)N([C@@H](CO)[C@@H](C)CC)C3C1=O. The maximum absolute atomic E-state index is 14.6. The molecule has 1 spiro atoms. The molecular formula is C30H47N3O5. The molecule has 7 atom stereocenters. The number of carbonyl (C=O) groups is 3. The number of nitrogens with zero attached hydrogens (tertiary/aromatic N) is 3. The molecule has 1 N–H and O–H groups in total.